The molecule has 0 aliphatic heterocycles. The maximum absolute atomic E-state index is 6.00. The Morgan fingerprint density at radius 1 is 0.800 bits per heavy atom. The standard InChI is InChI=1S/C19H18O/c1-2-15-7-5-8-16(13-15)14-20-19-12-6-10-17-9-3-4-11-18(17)19/h3-13H,2,14H2,1H3. The van der Waals surface area contributed by atoms with Gasteiger partial charge in [0.05, 0.1) is 0 Å². The molecule has 0 aliphatic rings. The summed E-state index contributed by atoms with van der Waals surface area (Å²) in [6, 6.07) is 23.1. The van der Waals surface area contributed by atoms with Crippen molar-refractivity contribution in [2.24, 2.45) is 0 Å². The molecule has 3 aromatic rings. The van der Waals surface area contributed by atoms with Crippen LogP contribution in [0.4, 0.5) is 0 Å². The second-order valence-corrected chi connectivity index (χ2v) is 4.94. The van der Waals surface area contributed by atoms with Crippen molar-refractivity contribution < 1.29 is 4.74 Å². The van der Waals surface area contributed by atoms with Gasteiger partial charge in [0.1, 0.15) is 12.4 Å². The molecule has 0 spiro atoms. The fourth-order valence-electron chi connectivity index (χ4n) is 2.42. The van der Waals surface area contributed by atoms with Crippen LogP contribution >= 0.6 is 0 Å². The van der Waals surface area contributed by atoms with Gasteiger partial charge in [0.25, 0.3) is 0 Å². The molecule has 0 fully saturated rings. The summed E-state index contributed by atoms with van der Waals surface area (Å²) in [5, 5.41) is 2.38. The number of aryl methyl sites for hydroxylation is 1. The minimum atomic E-state index is 0.613. The molecule has 0 aliphatic carbocycles. The van der Waals surface area contributed by atoms with Crippen LogP contribution in [0.1, 0.15) is 18.1 Å². The zero-order valence-electron chi connectivity index (χ0n) is 11.7. The molecule has 1 heteroatoms. The molecule has 3 aromatic carbocycles. The maximum atomic E-state index is 6.00. The second kappa shape index (κ2) is 5.79. The quantitative estimate of drug-likeness (QED) is 0.644. The van der Waals surface area contributed by atoms with Crippen LogP contribution in [0.5, 0.6) is 5.75 Å². The smallest absolute Gasteiger partial charge is 0.127 e. The van der Waals surface area contributed by atoms with Gasteiger partial charge in [-0.05, 0) is 29.0 Å². The van der Waals surface area contributed by atoms with Crippen LogP contribution in [-0.2, 0) is 13.0 Å². The fraction of sp³-hybridized carbons (Fsp3) is 0.158. The number of fused-ring (bicyclic) bond motifs is 1. The van der Waals surface area contributed by atoms with E-state index < -0.39 is 0 Å². The summed E-state index contributed by atoms with van der Waals surface area (Å²) in [4.78, 5) is 0. The third-order valence-electron chi connectivity index (χ3n) is 3.54. The monoisotopic (exact) mass is 262 g/mol. The molecule has 100 valence electrons. The lowest BCUT2D eigenvalue weighted by Crippen LogP contribution is -1.96. The SMILES string of the molecule is CCc1cccc(COc2cccc3ccccc23)c1. The highest BCUT2D eigenvalue weighted by molar-refractivity contribution is 5.88. The number of rotatable bonds is 4. The zero-order chi connectivity index (χ0) is 13.8. The molecule has 3 rings (SSSR count). The molecular weight excluding hydrogens is 244 g/mol. The van der Waals surface area contributed by atoms with E-state index in [2.05, 4.69) is 55.5 Å². The topological polar surface area (TPSA) is 9.23 Å². The third-order valence-corrected chi connectivity index (χ3v) is 3.54. The first-order chi connectivity index (χ1) is 9.86. The Labute approximate surface area is 119 Å². The minimum Gasteiger partial charge on any atom is -0.488 e. The van der Waals surface area contributed by atoms with Crippen LogP contribution in [0.2, 0.25) is 0 Å². The lowest BCUT2D eigenvalue weighted by molar-refractivity contribution is 0.310. The van der Waals surface area contributed by atoms with E-state index in [1.807, 2.05) is 18.2 Å². The summed E-state index contributed by atoms with van der Waals surface area (Å²) in [5.74, 6) is 0.949. The molecule has 0 N–H and O–H groups in total. The summed E-state index contributed by atoms with van der Waals surface area (Å²) in [6.07, 6.45) is 1.06. The van der Waals surface area contributed by atoms with Crippen LogP contribution in [0.3, 0.4) is 0 Å². The van der Waals surface area contributed by atoms with Crippen molar-refractivity contribution in [3.05, 3.63) is 77.9 Å². The highest BCUT2D eigenvalue weighted by Crippen LogP contribution is 2.25. The predicted molar refractivity (Wildman–Crippen MR) is 84.1 cm³/mol. The van der Waals surface area contributed by atoms with Crippen molar-refractivity contribution >= 4 is 10.8 Å². The van der Waals surface area contributed by atoms with Gasteiger partial charge in [-0.3, -0.25) is 0 Å². The highest BCUT2D eigenvalue weighted by Gasteiger charge is 2.02. The van der Waals surface area contributed by atoms with Gasteiger partial charge in [-0.1, -0.05) is 67.6 Å². The first-order valence-corrected chi connectivity index (χ1v) is 7.05. The Morgan fingerprint density at radius 3 is 2.45 bits per heavy atom. The molecule has 0 radical (unpaired) electrons. The van der Waals surface area contributed by atoms with Gasteiger partial charge < -0.3 is 4.74 Å². The van der Waals surface area contributed by atoms with Gasteiger partial charge in [-0.25, -0.2) is 0 Å². The molecule has 0 amide bonds. The third kappa shape index (κ3) is 2.67. The van der Waals surface area contributed by atoms with E-state index >= 15 is 0 Å². The number of hydrogen-bond acceptors (Lipinski definition) is 1. The Kier molecular flexibility index (Phi) is 3.69. The summed E-state index contributed by atoms with van der Waals surface area (Å²) < 4.78 is 6.00. The van der Waals surface area contributed by atoms with Crippen LogP contribution < -0.4 is 4.74 Å². The van der Waals surface area contributed by atoms with Crippen LogP contribution in [0.25, 0.3) is 10.8 Å². The maximum Gasteiger partial charge on any atom is 0.127 e. The van der Waals surface area contributed by atoms with Crippen molar-refractivity contribution in [2.75, 3.05) is 0 Å². The lowest BCUT2D eigenvalue weighted by atomic mass is 10.1. The molecule has 0 aromatic heterocycles. The van der Waals surface area contributed by atoms with E-state index in [9.17, 15) is 0 Å². The first kappa shape index (κ1) is 12.7. The Bertz CT molecular complexity index is 710. The van der Waals surface area contributed by atoms with Crippen molar-refractivity contribution in [2.45, 2.75) is 20.0 Å². The van der Waals surface area contributed by atoms with Crippen LogP contribution in [-0.4, -0.2) is 0 Å². The second-order valence-electron chi connectivity index (χ2n) is 4.94. The summed E-state index contributed by atoms with van der Waals surface area (Å²) in [5.41, 5.74) is 2.57. The number of hydrogen-bond donors (Lipinski definition) is 0. The van der Waals surface area contributed by atoms with Gasteiger partial charge >= 0.3 is 0 Å². The molecule has 0 heterocycles. The molecule has 20 heavy (non-hydrogen) atoms. The predicted octanol–water partition coefficient (Wildman–Crippen LogP) is 4.98. The zero-order valence-corrected chi connectivity index (χ0v) is 11.7. The molecular formula is C19H18O. The average molecular weight is 262 g/mol. The van der Waals surface area contributed by atoms with Crippen LogP contribution in [0.15, 0.2) is 66.7 Å². The minimum absolute atomic E-state index is 0.613. The Hall–Kier alpha value is -2.28. The first-order valence-electron chi connectivity index (χ1n) is 7.05. The van der Waals surface area contributed by atoms with Gasteiger partial charge in [-0.15, -0.1) is 0 Å². The summed E-state index contributed by atoms with van der Waals surface area (Å²) >= 11 is 0. The molecule has 1 nitrogen and oxygen atoms in total. The van der Waals surface area contributed by atoms with E-state index in [1.165, 1.54) is 21.9 Å². The van der Waals surface area contributed by atoms with Gasteiger partial charge in [0, 0.05) is 5.39 Å². The molecule has 0 saturated heterocycles. The van der Waals surface area contributed by atoms with Gasteiger partial charge in [0.15, 0.2) is 0 Å². The van der Waals surface area contributed by atoms with E-state index in [1.54, 1.807) is 0 Å². The van der Waals surface area contributed by atoms with Crippen molar-refractivity contribution in [1.82, 2.24) is 0 Å². The van der Waals surface area contributed by atoms with Crippen molar-refractivity contribution in [1.29, 1.82) is 0 Å². The lowest BCUT2D eigenvalue weighted by Gasteiger charge is -2.10. The van der Waals surface area contributed by atoms with Gasteiger partial charge in [0.2, 0.25) is 0 Å². The Morgan fingerprint density at radius 2 is 1.55 bits per heavy atom. The van der Waals surface area contributed by atoms with E-state index in [4.69, 9.17) is 4.74 Å². The van der Waals surface area contributed by atoms with Crippen molar-refractivity contribution in [3.63, 3.8) is 0 Å². The number of benzene rings is 3. The summed E-state index contributed by atoms with van der Waals surface area (Å²) in [6.45, 7) is 2.78. The molecule has 0 bridgehead atoms. The fourth-order valence-corrected chi connectivity index (χ4v) is 2.42. The molecule has 0 atom stereocenters. The van der Waals surface area contributed by atoms with Gasteiger partial charge in [-0.2, -0.15) is 0 Å². The molecule has 0 unspecified atom stereocenters. The van der Waals surface area contributed by atoms with Crippen molar-refractivity contribution in [3.8, 4) is 5.75 Å². The van der Waals surface area contributed by atoms with E-state index in [0.29, 0.717) is 6.61 Å². The van der Waals surface area contributed by atoms with E-state index in [-0.39, 0.29) is 0 Å². The average Bonchev–Trinajstić information content (AvgIpc) is 2.53. The normalized spacial score (nSPS) is 10.7. The van der Waals surface area contributed by atoms with E-state index in [0.717, 1.165) is 12.2 Å². The molecule has 0 saturated carbocycles. The Balaban J connectivity index is 1.83. The highest BCUT2D eigenvalue weighted by atomic mass is 16.5. The summed E-state index contributed by atoms with van der Waals surface area (Å²) in [7, 11) is 0. The largest absolute Gasteiger partial charge is 0.488 e. The number of ether oxygens (including phenoxy) is 1. The van der Waals surface area contributed by atoms with Crippen LogP contribution in [0, 0.1) is 0 Å².